The molecule has 1 heterocycles. The van der Waals surface area contributed by atoms with Crippen molar-refractivity contribution in [3.63, 3.8) is 0 Å². The first-order chi connectivity index (χ1) is 6.61. The molecule has 0 radical (unpaired) electrons. The van der Waals surface area contributed by atoms with Crippen LogP contribution in [-0.2, 0) is 0 Å². The van der Waals surface area contributed by atoms with Crippen molar-refractivity contribution in [1.82, 2.24) is 4.98 Å². The van der Waals surface area contributed by atoms with Crippen LogP contribution >= 0.6 is 10.9 Å². The topological polar surface area (TPSA) is 45.9 Å². The van der Waals surface area contributed by atoms with E-state index in [9.17, 15) is 0 Å². The van der Waals surface area contributed by atoms with Gasteiger partial charge >= 0.3 is 0 Å². The van der Waals surface area contributed by atoms with Crippen LogP contribution in [0.15, 0.2) is 11.2 Å². The molecule has 0 bridgehead atoms. The summed E-state index contributed by atoms with van der Waals surface area (Å²) >= 11 is 0. The summed E-state index contributed by atoms with van der Waals surface area (Å²) in [7, 11) is 0.828. The Kier molecular flexibility index (Phi) is 3.37. The molecule has 0 N–H and O–H groups in total. The van der Waals surface area contributed by atoms with Crippen LogP contribution in [-0.4, -0.2) is 18.3 Å². The molecule has 0 aromatic carbocycles. The van der Waals surface area contributed by atoms with E-state index in [1.807, 2.05) is 20.1 Å². The highest BCUT2D eigenvalue weighted by molar-refractivity contribution is 8.20. The summed E-state index contributed by atoms with van der Waals surface area (Å²) in [5.41, 5.74) is 2.00. The maximum atomic E-state index is 8.84. The average Bonchev–Trinajstić information content (AvgIpc) is 2.18. The molecule has 1 aromatic heterocycles. The normalized spacial score (nSPS) is 13.2. The summed E-state index contributed by atoms with van der Waals surface area (Å²) in [4.78, 5) is 4.28. The monoisotopic (exact) mass is 210 g/mol. The first kappa shape index (κ1) is 10.9. The van der Waals surface area contributed by atoms with Crippen molar-refractivity contribution in [1.29, 1.82) is 5.26 Å². The third-order valence-corrected chi connectivity index (χ3v) is 3.47. The number of methoxy groups -OCH3 is 1. The number of nitriles is 1. The minimum absolute atomic E-state index is 0.814. The Bertz CT molecular complexity index is 384. The molecule has 0 fully saturated rings. The molecular formula is C10H14N2OS. The molecule has 1 rings (SSSR count). The van der Waals surface area contributed by atoms with Gasteiger partial charge in [-0.3, -0.25) is 0 Å². The third-order valence-electron chi connectivity index (χ3n) is 2.09. The molecule has 1 unspecified atom stereocenters. The van der Waals surface area contributed by atoms with Crippen molar-refractivity contribution in [2.24, 2.45) is 0 Å². The van der Waals surface area contributed by atoms with Crippen LogP contribution < -0.4 is 4.74 Å². The van der Waals surface area contributed by atoms with E-state index in [4.69, 9.17) is 10.00 Å². The Morgan fingerprint density at radius 1 is 1.50 bits per heavy atom. The molecule has 0 aliphatic carbocycles. The fraction of sp³-hybridized carbons (Fsp3) is 0.400. The van der Waals surface area contributed by atoms with Crippen LogP contribution in [0.25, 0.3) is 0 Å². The molecule has 0 spiro atoms. The van der Waals surface area contributed by atoms with Gasteiger partial charge in [0, 0.05) is 17.3 Å². The van der Waals surface area contributed by atoms with E-state index in [1.165, 1.54) is 0 Å². The van der Waals surface area contributed by atoms with Crippen molar-refractivity contribution in [2.75, 3.05) is 13.4 Å². The predicted molar refractivity (Wildman–Crippen MR) is 59.1 cm³/mol. The number of thiocyanates is 1. The molecule has 4 heteroatoms. The Labute approximate surface area is 87.1 Å². The van der Waals surface area contributed by atoms with Gasteiger partial charge in [-0.15, -0.1) is 10.9 Å². The predicted octanol–water partition coefficient (Wildman–Crippen LogP) is 2.18. The summed E-state index contributed by atoms with van der Waals surface area (Å²) < 4.78 is 5.27. The van der Waals surface area contributed by atoms with E-state index in [2.05, 4.69) is 10.4 Å². The van der Waals surface area contributed by atoms with Crippen LogP contribution in [0, 0.1) is 24.5 Å². The first-order valence-corrected chi connectivity index (χ1v) is 6.04. The maximum absolute atomic E-state index is 8.84. The molecule has 14 heavy (non-hydrogen) atoms. The standard InChI is InChI=1S/C10H14N2OS/c1-7-5-12-10(14(4)6-11)8(2)9(7)13-3/h5,14H,1-4H3. The van der Waals surface area contributed by atoms with Crippen molar-refractivity contribution in [3.05, 3.63) is 17.3 Å². The van der Waals surface area contributed by atoms with Gasteiger partial charge in [0.2, 0.25) is 0 Å². The molecule has 0 aliphatic rings. The van der Waals surface area contributed by atoms with Crippen molar-refractivity contribution < 1.29 is 4.74 Å². The maximum Gasteiger partial charge on any atom is 0.128 e. The third kappa shape index (κ3) is 1.83. The number of ether oxygens (including phenoxy) is 1. The average molecular weight is 210 g/mol. The highest BCUT2D eigenvalue weighted by Crippen LogP contribution is 2.36. The van der Waals surface area contributed by atoms with E-state index in [0.717, 1.165) is 21.9 Å². The van der Waals surface area contributed by atoms with Crippen molar-refractivity contribution in [3.8, 4) is 11.2 Å². The number of hydrogen-bond acceptors (Lipinski definition) is 3. The van der Waals surface area contributed by atoms with Gasteiger partial charge in [0.1, 0.15) is 11.2 Å². The highest BCUT2D eigenvalue weighted by Gasteiger charge is 2.11. The van der Waals surface area contributed by atoms with Gasteiger partial charge in [0.05, 0.1) is 12.1 Å². The molecule has 1 atom stereocenters. The van der Waals surface area contributed by atoms with Crippen LogP contribution in [0.3, 0.4) is 0 Å². The zero-order valence-corrected chi connectivity index (χ0v) is 9.72. The summed E-state index contributed by atoms with van der Waals surface area (Å²) in [6, 6.07) is 0. The Hall–Kier alpha value is -1.21. The molecular weight excluding hydrogens is 196 g/mol. The largest absolute Gasteiger partial charge is 0.496 e. The first-order valence-electron chi connectivity index (χ1n) is 4.25. The summed E-state index contributed by atoms with van der Waals surface area (Å²) in [6.07, 6.45) is 3.66. The number of rotatable bonds is 2. The Morgan fingerprint density at radius 2 is 2.14 bits per heavy atom. The van der Waals surface area contributed by atoms with Gasteiger partial charge in [-0.1, -0.05) is 0 Å². The molecule has 0 amide bonds. The summed E-state index contributed by atoms with van der Waals surface area (Å²) in [6.45, 7) is 3.90. The van der Waals surface area contributed by atoms with E-state index < -0.39 is 10.9 Å². The van der Waals surface area contributed by atoms with Crippen LogP contribution in [0.5, 0.6) is 5.75 Å². The van der Waals surface area contributed by atoms with Gasteiger partial charge in [-0.2, -0.15) is 5.26 Å². The van der Waals surface area contributed by atoms with Gasteiger partial charge < -0.3 is 4.74 Å². The zero-order chi connectivity index (χ0) is 10.7. The Morgan fingerprint density at radius 3 is 2.64 bits per heavy atom. The minimum atomic E-state index is -0.814. The molecule has 0 saturated carbocycles. The number of pyridine rings is 1. The molecule has 0 aliphatic heterocycles. The van der Waals surface area contributed by atoms with Gasteiger partial charge in [-0.25, -0.2) is 4.98 Å². The summed E-state index contributed by atoms with van der Waals surface area (Å²) in [5.74, 6) is 0.847. The lowest BCUT2D eigenvalue weighted by Gasteiger charge is -2.14. The van der Waals surface area contributed by atoms with E-state index in [1.54, 1.807) is 13.3 Å². The fourth-order valence-corrected chi connectivity index (χ4v) is 2.34. The van der Waals surface area contributed by atoms with Crippen LogP contribution in [0.2, 0.25) is 0 Å². The minimum Gasteiger partial charge on any atom is -0.496 e. The highest BCUT2D eigenvalue weighted by atomic mass is 32.2. The summed E-state index contributed by atoms with van der Waals surface area (Å²) in [5, 5.41) is 11.9. The fourth-order valence-electron chi connectivity index (χ4n) is 1.41. The molecule has 0 saturated heterocycles. The van der Waals surface area contributed by atoms with E-state index >= 15 is 0 Å². The van der Waals surface area contributed by atoms with Gasteiger partial charge in [-0.05, 0) is 20.1 Å². The second-order valence-corrected chi connectivity index (χ2v) is 4.82. The SMILES string of the molecule is COc1c(C)cnc([SH](C)C#N)c1C. The van der Waals surface area contributed by atoms with Crippen molar-refractivity contribution >= 4 is 10.9 Å². The molecule has 1 aromatic rings. The van der Waals surface area contributed by atoms with Gasteiger partial charge in [0.15, 0.2) is 0 Å². The second kappa shape index (κ2) is 4.34. The second-order valence-electron chi connectivity index (χ2n) is 3.08. The van der Waals surface area contributed by atoms with Crippen LogP contribution in [0.1, 0.15) is 11.1 Å². The number of aryl methyl sites for hydroxylation is 1. The van der Waals surface area contributed by atoms with E-state index in [-0.39, 0.29) is 0 Å². The molecule has 3 nitrogen and oxygen atoms in total. The smallest absolute Gasteiger partial charge is 0.128 e. The molecule has 76 valence electrons. The zero-order valence-electron chi connectivity index (χ0n) is 8.83. The van der Waals surface area contributed by atoms with Crippen molar-refractivity contribution in [2.45, 2.75) is 18.9 Å². The quantitative estimate of drug-likeness (QED) is 0.601. The van der Waals surface area contributed by atoms with Gasteiger partial charge in [0.25, 0.3) is 0 Å². The number of hydrogen-bond donors (Lipinski definition) is 1. The van der Waals surface area contributed by atoms with E-state index in [0.29, 0.717) is 0 Å². The lowest BCUT2D eigenvalue weighted by Crippen LogP contribution is -1.97. The lowest BCUT2D eigenvalue weighted by molar-refractivity contribution is 0.406. The number of aromatic nitrogens is 1. The number of thiol groups is 1. The number of nitrogens with zero attached hydrogens (tertiary/aromatic N) is 2. The van der Waals surface area contributed by atoms with Crippen LogP contribution in [0.4, 0.5) is 0 Å². The lowest BCUT2D eigenvalue weighted by atomic mass is 10.2. The Balaban J connectivity index is 3.29.